The Labute approximate surface area is 124 Å². The van der Waals surface area contributed by atoms with Gasteiger partial charge in [0.05, 0.1) is 17.0 Å². The Bertz CT molecular complexity index is 422. The van der Waals surface area contributed by atoms with Crippen molar-refractivity contribution in [2.75, 3.05) is 46.1 Å². The summed E-state index contributed by atoms with van der Waals surface area (Å²) < 4.78 is 5.35. The van der Waals surface area contributed by atoms with E-state index in [2.05, 4.69) is 16.3 Å². The molecule has 3 nitrogen and oxygen atoms in total. The van der Waals surface area contributed by atoms with Gasteiger partial charge >= 0.3 is 0 Å². The Morgan fingerprint density at radius 1 is 1.37 bits per heavy atom. The first-order chi connectivity index (χ1) is 9.24. The van der Waals surface area contributed by atoms with Crippen LogP contribution in [0.4, 0.5) is 0 Å². The fourth-order valence-corrected chi connectivity index (χ4v) is 3.36. The molecule has 0 atom stereocenters. The average Bonchev–Trinajstić information content (AvgIpc) is 2.45. The van der Waals surface area contributed by atoms with Gasteiger partial charge < -0.3 is 15.0 Å². The van der Waals surface area contributed by atoms with Gasteiger partial charge in [-0.2, -0.15) is 0 Å². The number of ether oxygens (including phenoxy) is 1. The Morgan fingerprint density at radius 2 is 2.11 bits per heavy atom. The van der Waals surface area contributed by atoms with Gasteiger partial charge in [-0.15, -0.1) is 11.8 Å². The van der Waals surface area contributed by atoms with E-state index in [1.54, 1.807) is 18.9 Å². The number of nitrogens with zero attached hydrogens (tertiary/aromatic N) is 1. The fraction of sp³-hybridized carbons (Fsp3) is 0.571. The second-order valence-corrected chi connectivity index (χ2v) is 5.91. The van der Waals surface area contributed by atoms with Crippen LogP contribution in [0.5, 0.6) is 5.75 Å². The zero-order chi connectivity index (χ0) is 13.7. The highest BCUT2D eigenvalue weighted by atomic mass is 35.5. The Balaban J connectivity index is 2.01. The SMILES string of the molecule is COc1c(Cl)cc(CCN2CCNCC2)cc1SC. The summed E-state index contributed by atoms with van der Waals surface area (Å²) in [6.07, 6.45) is 3.09. The number of benzene rings is 1. The van der Waals surface area contributed by atoms with Crippen molar-refractivity contribution in [2.24, 2.45) is 0 Å². The molecule has 1 N–H and O–H groups in total. The molecule has 1 fully saturated rings. The van der Waals surface area contributed by atoms with Crippen molar-refractivity contribution in [3.8, 4) is 5.75 Å². The van der Waals surface area contributed by atoms with Crippen molar-refractivity contribution < 1.29 is 4.74 Å². The van der Waals surface area contributed by atoms with Crippen LogP contribution in [0.2, 0.25) is 5.02 Å². The molecule has 0 saturated carbocycles. The summed E-state index contributed by atoms with van der Waals surface area (Å²) in [7, 11) is 1.67. The van der Waals surface area contributed by atoms with Crippen molar-refractivity contribution in [1.29, 1.82) is 0 Å². The molecule has 0 bridgehead atoms. The van der Waals surface area contributed by atoms with Crippen molar-refractivity contribution in [2.45, 2.75) is 11.3 Å². The van der Waals surface area contributed by atoms with E-state index in [9.17, 15) is 0 Å². The maximum atomic E-state index is 6.27. The van der Waals surface area contributed by atoms with E-state index in [4.69, 9.17) is 16.3 Å². The number of methoxy groups -OCH3 is 1. The Kier molecular flexibility index (Phi) is 5.82. The quantitative estimate of drug-likeness (QED) is 0.845. The number of nitrogens with one attached hydrogen (secondary N) is 1. The number of thioether (sulfide) groups is 1. The average molecular weight is 301 g/mol. The summed E-state index contributed by atoms with van der Waals surface area (Å²) in [6, 6.07) is 4.22. The zero-order valence-corrected chi connectivity index (χ0v) is 13.1. The maximum Gasteiger partial charge on any atom is 0.150 e. The fourth-order valence-electron chi connectivity index (χ4n) is 2.34. The highest BCUT2D eigenvalue weighted by Crippen LogP contribution is 2.35. The van der Waals surface area contributed by atoms with Crippen LogP contribution in [-0.2, 0) is 6.42 Å². The van der Waals surface area contributed by atoms with E-state index < -0.39 is 0 Å². The lowest BCUT2D eigenvalue weighted by molar-refractivity contribution is 0.244. The second-order valence-electron chi connectivity index (χ2n) is 4.65. The summed E-state index contributed by atoms with van der Waals surface area (Å²) in [5, 5.41) is 4.09. The molecule has 106 valence electrons. The Morgan fingerprint density at radius 3 is 2.74 bits per heavy atom. The molecule has 0 aliphatic carbocycles. The van der Waals surface area contributed by atoms with Gasteiger partial charge in [-0.25, -0.2) is 0 Å². The number of hydrogen-bond donors (Lipinski definition) is 1. The molecular formula is C14H21ClN2OS. The highest BCUT2D eigenvalue weighted by molar-refractivity contribution is 7.98. The van der Waals surface area contributed by atoms with Gasteiger partial charge in [0.1, 0.15) is 0 Å². The van der Waals surface area contributed by atoms with Crippen LogP contribution < -0.4 is 10.1 Å². The van der Waals surface area contributed by atoms with E-state index in [1.165, 1.54) is 5.56 Å². The third kappa shape index (κ3) is 4.02. The monoisotopic (exact) mass is 300 g/mol. The molecule has 1 aliphatic heterocycles. The normalized spacial score (nSPS) is 16.6. The predicted molar refractivity (Wildman–Crippen MR) is 82.8 cm³/mol. The third-order valence-corrected chi connectivity index (χ3v) is 4.44. The zero-order valence-electron chi connectivity index (χ0n) is 11.5. The van der Waals surface area contributed by atoms with Crippen LogP contribution in [0.1, 0.15) is 5.56 Å². The summed E-state index contributed by atoms with van der Waals surface area (Å²) in [4.78, 5) is 3.61. The standard InChI is InChI=1S/C14H21ClN2OS/c1-18-14-12(15)9-11(10-13(14)19-2)3-6-17-7-4-16-5-8-17/h9-10,16H,3-8H2,1-2H3. The van der Waals surface area contributed by atoms with Crippen LogP contribution in [0.25, 0.3) is 0 Å². The van der Waals surface area contributed by atoms with E-state index in [1.807, 2.05) is 12.3 Å². The van der Waals surface area contributed by atoms with Crippen LogP contribution in [0.3, 0.4) is 0 Å². The van der Waals surface area contributed by atoms with Crippen LogP contribution in [-0.4, -0.2) is 51.0 Å². The van der Waals surface area contributed by atoms with Crippen molar-refractivity contribution in [1.82, 2.24) is 10.2 Å². The van der Waals surface area contributed by atoms with Gasteiger partial charge in [-0.3, -0.25) is 0 Å². The van der Waals surface area contributed by atoms with E-state index in [0.29, 0.717) is 5.02 Å². The summed E-state index contributed by atoms with van der Waals surface area (Å²) in [5.41, 5.74) is 1.29. The summed E-state index contributed by atoms with van der Waals surface area (Å²) in [6.45, 7) is 5.57. The molecule has 0 unspecified atom stereocenters. The lowest BCUT2D eigenvalue weighted by Crippen LogP contribution is -2.44. The number of rotatable bonds is 5. The molecule has 0 radical (unpaired) electrons. The molecule has 2 rings (SSSR count). The topological polar surface area (TPSA) is 24.5 Å². The van der Waals surface area contributed by atoms with Gasteiger partial charge in [0.2, 0.25) is 0 Å². The molecule has 5 heteroatoms. The molecule has 19 heavy (non-hydrogen) atoms. The van der Waals surface area contributed by atoms with Crippen LogP contribution >= 0.6 is 23.4 Å². The molecule has 1 heterocycles. The highest BCUT2D eigenvalue weighted by Gasteiger charge is 2.12. The first-order valence-corrected chi connectivity index (χ1v) is 8.18. The molecule has 1 aromatic carbocycles. The van der Waals surface area contributed by atoms with Gasteiger partial charge in [0.25, 0.3) is 0 Å². The molecule has 0 aromatic heterocycles. The lowest BCUT2D eigenvalue weighted by atomic mass is 10.1. The van der Waals surface area contributed by atoms with E-state index >= 15 is 0 Å². The number of halogens is 1. The molecule has 1 aliphatic rings. The smallest absolute Gasteiger partial charge is 0.150 e. The second kappa shape index (κ2) is 7.39. The Hall–Kier alpha value is -0.420. The van der Waals surface area contributed by atoms with Gasteiger partial charge in [0, 0.05) is 32.7 Å². The third-order valence-electron chi connectivity index (χ3n) is 3.42. The van der Waals surface area contributed by atoms with Crippen LogP contribution in [0, 0.1) is 0 Å². The van der Waals surface area contributed by atoms with E-state index in [-0.39, 0.29) is 0 Å². The minimum Gasteiger partial charge on any atom is -0.494 e. The predicted octanol–water partition coefficient (Wildman–Crippen LogP) is 2.52. The number of hydrogen-bond acceptors (Lipinski definition) is 4. The van der Waals surface area contributed by atoms with Crippen LogP contribution in [0.15, 0.2) is 17.0 Å². The summed E-state index contributed by atoms with van der Waals surface area (Å²) >= 11 is 7.95. The molecule has 1 saturated heterocycles. The first-order valence-electron chi connectivity index (χ1n) is 6.58. The molecule has 1 aromatic rings. The largest absolute Gasteiger partial charge is 0.494 e. The van der Waals surface area contributed by atoms with Crippen molar-refractivity contribution in [3.05, 3.63) is 22.7 Å². The van der Waals surface area contributed by atoms with Gasteiger partial charge in [-0.05, 0) is 30.4 Å². The maximum absolute atomic E-state index is 6.27. The lowest BCUT2D eigenvalue weighted by Gasteiger charge is -2.27. The molecule has 0 amide bonds. The number of piperazine rings is 1. The minimum absolute atomic E-state index is 0.713. The van der Waals surface area contributed by atoms with Gasteiger partial charge in [-0.1, -0.05) is 11.6 Å². The van der Waals surface area contributed by atoms with Crippen molar-refractivity contribution in [3.63, 3.8) is 0 Å². The minimum atomic E-state index is 0.713. The van der Waals surface area contributed by atoms with E-state index in [0.717, 1.165) is 49.8 Å². The molecular weight excluding hydrogens is 280 g/mol. The van der Waals surface area contributed by atoms with Gasteiger partial charge in [0.15, 0.2) is 5.75 Å². The first kappa shape index (κ1) is 15.0. The summed E-state index contributed by atoms with van der Waals surface area (Å²) in [5.74, 6) is 0.792. The molecule has 0 spiro atoms. The van der Waals surface area contributed by atoms with Crippen molar-refractivity contribution >= 4 is 23.4 Å².